The van der Waals surface area contributed by atoms with E-state index in [0.717, 1.165) is 0 Å². The molecule has 1 saturated heterocycles. The molecule has 1 aromatic rings. The van der Waals surface area contributed by atoms with Crippen LogP contribution in [0.1, 0.15) is 24.0 Å². The van der Waals surface area contributed by atoms with Crippen molar-refractivity contribution in [1.29, 1.82) is 0 Å². The molecule has 1 aromatic carbocycles. The number of anilines is 1. The Morgan fingerprint density at radius 3 is 1.83 bits per heavy atom. The lowest BCUT2D eigenvalue weighted by molar-refractivity contribution is -0.143. The van der Waals surface area contributed by atoms with Crippen molar-refractivity contribution in [2.45, 2.75) is 31.3 Å². The van der Waals surface area contributed by atoms with Crippen LogP contribution < -0.4 is 4.90 Å². The second kappa shape index (κ2) is 6.29. The zero-order chi connectivity index (χ0) is 17.3. The minimum atomic E-state index is -4.87. The van der Waals surface area contributed by atoms with Gasteiger partial charge in [0.2, 0.25) is 0 Å². The van der Waals surface area contributed by atoms with Crippen molar-refractivity contribution in [2.24, 2.45) is 0 Å². The Morgan fingerprint density at radius 2 is 1.43 bits per heavy atom. The summed E-state index contributed by atoms with van der Waals surface area (Å²) in [4.78, 5) is 11.5. The molecule has 1 aliphatic heterocycles. The Balaban J connectivity index is 2.30. The largest absolute Gasteiger partial charge is 0.454 e. The lowest BCUT2D eigenvalue weighted by Gasteiger charge is -2.33. The van der Waals surface area contributed by atoms with Crippen molar-refractivity contribution < 1.29 is 35.9 Å². The number of rotatable bonds is 3. The molecule has 9 heteroatoms. The summed E-state index contributed by atoms with van der Waals surface area (Å²) in [6.07, 6.45) is -9.54. The van der Waals surface area contributed by atoms with Crippen molar-refractivity contribution in [3.8, 4) is 0 Å². The first-order chi connectivity index (χ1) is 10.6. The summed E-state index contributed by atoms with van der Waals surface area (Å²) in [5, 5.41) is 0. The van der Waals surface area contributed by atoms with E-state index in [-0.39, 0.29) is 24.8 Å². The van der Waals surface area contributed by atoms with Gasteiger partial charge in [0, 0.05) is 31.6 Å². The molecule has 0 N–H and O–H groups in total. The molecule has 1 fully saturated rings. The second-order valence-electron chi connectivity index (χ2n) is 5.15. The number of nitrogens with zero attached hydrogens (tertiary/aromatic N) is 1. The lowest BCUT2D eigenvalue weighted by Crippen LogP contribution is -2.37. The van der Waals surface area contributed by atoms with Gasteiger partial charge < -0.3 is 9.64 Å². The maximum absolute atomic E-state index is 12.8. The van der Waals surface area contributed by atoms with Crippen LogP contribution in [0.25, 0.3) is 0 Å². The third-order valence-electron chi connectivity index (χ3n) is 3.59. The van der Waals surface area contributed by atoms with Crippen LogP contribution in [0, 0.1) is 0 Å². The van der Waals surface area contributed by atoms with E-state index >= 15 is 0 Å². The van der Waals surface area contributed by atoms with Crippen LogP contribution >= 0.6 is 0 Å². The van der Waals surface area contributed by atoms with Crippen LogP contribution in [0.5, 0.6) is 0 Å². The molecule has 0 aromatic heterocycles. The minimum Gasteiger partial charge on any atom is -0.454 e. The molecule has 2 rings (SSSR count). The van der Waals surface area contributed by atoms with Gasteiger partial charge in [0.15, 0.2) is 0 Å². The van der Waals surface area contributed by atoms with E-state index in [1.54, 1.807) is 0 Å². The van der Waals surface area contributed by atoms with E-state index in [1.165, 1.54) is 11.4 Å². The first kappa shape index (κ1) is 17.4. The third-order valence-corrected chi connectivity index (χ3v) is 3.59. The fourth-order valence-corrected chi connectivity index (χ4v) is 2.42. The van der Waals surface area contributed by atoms with Gasteiger partial charge in [0.1, 0.15) is 6.10 Å². The number of benzene rings is 1. The first-order valence-corrected chi connectivity index (χ1v) is 6.68. The predicted octanol–water partition coefficient (Wildman–Crippen LogP) is 3.78. The van der Waals surface area contributed by atoms with Crippen LogP contribution in [-0.2, 0) is 21.9 Å². The highest BCUT2D eigenvalue weighted by molar-refractivity contribution is 5.53. The average molecular weight is 340 g/mol. The zero-order valence-corrected chi connectivity index (χ0v) is 11.7. The van der Waals surface area contributed by atoms with Gasteiger partial charge in [0.25, 0.3) is 0 Å². The Labute approximate surface area is 127 Å². The minimum absolute atomic E-state index is 0.0979. The van der Waals surface area contributed by atoms with Crippen molar-refractivity contribution in [2.75, 3.05) is 18.0 Å². The van der Waals surface area contributed by atoms with Crippen LogP contribution in [0.15, 0.2) is 18.2 Å². The summed E-state index contributed by atoms with van der Waals surface area (Å²) in [6.45, 7) is 1.65. The second-order valence-corrected chi connectivity index (χ2v) is 5.15. The molecule has 1 aliphatic rings. The highest BCUT2D eigenvalue weighted by Crippen LogP contribution is 2.38. The number of hydrogen-bond donors (Lipinski definition) is 0. The summed E-state index contributed by atoms with van der Waals surface area (Å²) in [5.41, 5.74) is -2.84. The molecule has 0 bridgehead atoms. The van der Waals surface area contributed by atoms with Gasteiger partial charge in [-0.05, 0) is 18.2 Å². The highest BCUT2D eigenvalue weighted by atomic mass is 19.4. The standard InChI is InChI=1S/C14H12F6NO2/c15-13(16,17)9-5-10(14(18,19)20)7-11(6-9)21-3-1-12(2-4-21)23-8-22/h5-7,12H,1-4H2. The first-order valence-electron chi connectivity index (χ1n) is 6.68. The Hall–Kier alpha value is -1.93. The quantitative estimate of drug-likeness (QED) is 0.785. The van der Waals surface area contributed by atoms with Crippen LogP contribution in [-0.4, -0.2) is 25.7 Å². The predicted molar refractivity (Wildman–Crippen MR) is 68.5 cm³/mol. The molecule has 0 atom stereocenters. The van der Waals surface area contributed by atoms with E-state index in [0.29, 0.717) is 25.0 Å². The number of alkyl halides is 6. The number of carbonyl (C=O) groups excluding carboxylic acids is 1. The number of halogens is 6. The number of piperidine rings is 1. The maximum atomic E-state index is 12.8. The topological polar surface area (TPSA) is 29.5 Å². The van der Waals surface area contributed by atoms with Gasteiger partial charge >= 0.3 is 18.8 Å². The fraction of sp³-hybridized carbons (Fsp3) is 0.500. The molecule has 23 heavy (non-hydrogen) atoms. The van der Waals surface area contributed by atoms with E-state index in [9.17, 15) is 31.1 Å². The van der Waals surface area contributed by atoms with Gasteiger partial charge in [-0.15, -0.1) is 0 Å². The summed E-state index contributed by atoms with van der Waals surface area (Å²) in [5.74, 6) is 0. The lowest BCUT2D eigenvalue weighted by atomic mass is 10.0. The van der Waals surface area contributed by atoms with Gasteiger partial charge in [-0.1, -0.05) is 0 Å². The van der Waals surface area contributed by atoms with Gasteiger partial charge in [-0.3, -0.25) is 0 Å². The summed E-state index contributed by atoms with van der Waals surface area (Å²) < 4.78 is 81.5. The van der Waals surface area contributed by atoms with Crippen LogP contribution in [0.4, 0.5) is 32.0 Å². The normalized spacial score (nSPS) is 17.2. The number of hydrogen-bond acceptors (Lipinski definition) is 3. The third kappa shape index (κ3) is 4.29. The molecule has 3 nitrogen and oxygen atoms in total. The molecule has 127 valence electrons. The monoisotopic (exact) mass is 340 g/mol. The number of ether oxygens (including phenoxy) is 1. The van der Waals surface area contributed by atoms with Crippen molar-refractivity contribution >= 4 is 12.2 Å². The molecular formula is C14H12F6NO2. The zero-order valence-electron chi connectivity index (χ0n) is 11.7. The molecule has 1 radical (unpaired) electrons. The SMILES string of the molecule is O=[C]OC1CCN(c2cc(C(F)(F)F)cc(C(F)(F)F)c2)CC1. The summed E-state index contributed by atoms with van der Waals surface area (Å²) in [6, 6.07) is 1.49. The molecule has 0 aliphatic carbocycles. The Bertz CT molecular complexity index is 529. The average Bonchev–Trinajstić information content (AvgIpc) is 2.46. The van der Waals surface area contributed by atoms with Crippen molar-refractivity contribution in [3.05, 3.63) is 29.3 Å². The smallest absolute Gasteiger partial charge is 0.417 e. The van der Waals surface area contributed by atoms with Gasteiger partial charge in [-0.25, -0.2) is 4.79 Å². The summed E-state index contributed by atoms with van der Waals surface area (Å²) >= 11 is 0. The highest BCUT2D eigenvalue weighted by Gasteiger charge is 2.37. The molecular weight excluding hydrogens is 328 g/mol. The van der Waals surface area contributed by atoms with E-state index < -0.39 is 29.6 Å². The molecule has 0 amide bonds. The Morgan fingerprint density at radius 1 is 0.957 bits per heavy atom. The van der Waals surface area contributed by atoms with Gasteiger partial charge in [-0.2, -0.15) is 26.3 Å². The van der Waals surface area contributed by atoms with Crippen LogP contribution in [0.2, 0.25) is 0 Å². The molecule has 0 unspecified atom stereocenters. The van der Waals surface area contributed by atoms with Crippen molar-refractivity contribution in [1.82, 2.24) is 0 Å². The van der Waals surface area contributed by atoms with Gasteiger partial charge in [0.05, 0.1) is 11.1 Å². The molecule has 0 spiro atoms. The van der Waals surface area contributed by atoms with E-state index in [2.05, 4.69) is 4.74 Å². The Kier molecular flexibility index (Phi) is 4.76. The molecule has 1 heterocycles. The maximum Gasteiger partial charge on any atom is 0.417 e. The summed E-state index contributed by atoms with van der Waals surface area (Å²) in [7, 11) is 0. The van der Waals surface area contributed by atoms with Crippen LogP contribution in [0.3, 0.4) is 0 Å². The van der Waals surface area contributed by atoms with Crippen molar-refractivity contribution in [3.63, 3.8) is 0 Å². The molecule has 0 saturated carbocycles. The van der Waals surface area contributed by atoms with E-state index in [4.69, 9.17) is 0 Å². The fourth-order valence-electron chi connectivity index (χ4n) is 2.42. The van der Waals surface area contributed by atoms with E-state index in [1.807, 2.05) is 0 Å².